The van der Waals surface area contributed by atoms with Gasteiger partial charge in [-0.25, -0.2) is 9.78 Å². The van der Waals surface area contributed by atoms with E-state index in [0.29, 0.717) is 11.8 Å². The van der Waals surface area contributed by atoms with Crippen molar-refractivity contribution in [3.8, 4) is 0 Å². The Balaban J connectivity index is 1.97. The first-order valence-electron chi connectivity index (χ1n) is 7.17. The molecular weight excluding hydrogens is 248 g/mol. The molecule has 1 saturated carbocycles. The van der Waals surface area contributed by atoms with Crippen LogP contribution in [0.2, 0.25) is 0 Å². The molecule has 0 unspecified atom stereocenters. The lowest BCUT2D eigenvalue weighted by Crippen LogP contribution is -2.61. The molecule has 5 nitrogen and oxygen atoms in total. The van der Waals surface area contributed by atoms with Crippen LogP contribution in [-0.2, 0) is 24.0 Å². The van der Waals surface area contributed by atoms with Gasteiger partial charge < -0.3 is 9.47 Å². The molecule has 0 radical (unpaired) electrons. The average molecular weight is 270 g/mol. The zero-order valence-electron chi connectivity index (χ0n) is 11.8. The lowest BCUT2D eigenvalue weighted by molar-refractivity contribution is -0.546. The molecule has 0 N–H and O–H groups in total. The quantitative estimate of drug-likeness (QED) is 0.541. The maximum Gasteiger partial charge on any atom is 0.305 e. The van der Waals surface area contributed by atoms with Crippen LogP contribution in [0.5, 0.6) is 0 Å². The minimum absolute atomic E-state index is 0.315. The van der Waals surface area contributed by atoms with Gasteiger partial charge in [-0.2, -0.15) is 0 Å². The monoisotopic (exact) mass is 270 g/mol. The van der Waals surface area contributed by atoms with Gasteiger partial charge in [-0.1, -0.05) is 13.3 Å². The summed E-state index contributed by atoms with van der Waals surface area (Å²) in [6.45, 7) is 5.49. The first-order chi connectivity index (χ1) is 8.95. The lowest BCUT2D eigenvalue weighted by Gasteiger charge is -2.50. The Morgan fingerprint density at radius 3 is 2.79 bits per heavy atom. The van der Waals surface area contributed by atoms with E-state index in [1.165, 1.54) is 13.3 Å². The van der Waals surface area contributed by atoms with E-state index in [-0.39, 0.29) is 5.97 Å². The summed E-state index contributed by atoms with van der Waals surface area (Å²) in [5, 5.41) is 0. The number of carbonyl (C=O) groups is 1. The summed E-state index contributed by atoms with van der Waals surface area (Å²) >= 11 is 0. The van der Waals surface area contributed by atoms with Crippen molar-refractivity contribution in [3.63, 3.8) is 0 Å². The van der Waals surface area contributed by atoms with Crippen LogP contribution in [0.4, 0.5) is 0 Å². The fourth-order valence-electron chi connectivity index (χ4n) is 3.84. The second-order valence-electron chi connectivity index (χ2n) is 6.33. The van der Waals surface area contributed by atoms with Crippen LogP contribution >= 0.6 is 0 Å². The maximum absolute atomic E-state index is 11.4. The SMILES string of the molecule is CC(=O)O[C@@H]1O[C@@]2(C)CC[C@H]3[C@H](C)CCC[C@@]13OO2. The lowest BCUT2D eigenvalue weighted by atomic mass is 9.67. The first kappa shape index (κ1) is 13.3. The first-order valence-corrected chi connectivity index (χ1v) is 7.17. The van der Waals surface area contributed by atoms with Crippen molar-refractivity contribution in [2.75, 3.05) is 0 Å². The van der Waals surface area contributed by atoms with Gasteiger partial charge in [-0.05, 0) is 32.1 Å². The van der Waals surface area contributed by atoms with Gasteiger partial charge in [0.1, 0.15) is 0 Å². The Morgan fingerprint density at radius 1 is 1.26 bits per heavy atom. The van der Waals surface area contributed by atoms with Crippen LogP contribution in [0.1, 0.15) is 52.9 Å². The largest absolute Gasteiger partial charge is 0.432 e. The van der Waals surface area contributed by atoms with Crippen LogP contribution < -0.4 is 0 Å². The molecule has 0 aromatic rings. The normalized spacial score (nSPS) is 49.3. The molecule has 1 aliphatic carbocycles. The highest BCUT2D eigenvalue weighted by atomic mass is 17.3. The minimum Gasteiger partial charge on any atom is -0.432 e. The zero-order chi connectivity index (χ0) is 13.7. The fourth-order valence-corrected chi connectivity index (χ4v) is 3.84. The summed E-state index contributed by atoms with van der Waals surface area (Å²) in [6.07, 6.45) is 4.13. The summed E-state index contributed by atoms with van der Waals surface area (Å²) in [4.78, 5) is 22.6. The van der Waals surface area contributed by atoms with Gasteiger partial charge in [0.25, 0.3) is 0 Å². The molecule has 2 bridgehead atoms. The van der Waals surface area contributed by atoms with Crippen molar-refractivity contribution in [2.24, 2.45) is 11.8 Å². The topological polar surface area (TPSA) is 54.0 Å². The Hall–Kier alpha value is -0.650. The van der Waals surface area contributed by atoms with E-state index in [1.54, 1.807) is 0 Å². The number of esters is 1. The summed E-state index contributed by atoms with van der Waals surface area (Å²) in [5.41, 5.74) is -0.626. The molecule has 19 heavy (non-hydrogen) atoms. The zero-order valence-corrected chi connectivity index (χ0v) is 11.8. The number of rotatable bonds is 1. The van der Waals surface area contributed by atoms with Crippen LogP contribution in [0, 0.1) is 11.8 Å². The fraction of sp³-hybridized carbons (Fsp3) is 0.929. The number of hydrogen-bond acceptors (Lipinski definition) is 5. The molecule has 4 rings (SSSR count). The van der Waals surface area contributed by atoms with E-state index < -0.39 is 17.7 Å². The predicted octanol–water partition coefficient (Wildman–Crippen LogP) is 2.54. The van der Waals surface area contributed by atoms with Gasteiger partial charge in [0.2, 0.25) is 12.1 Å². The van der Waals surface area contributed by atoms with Crippen molar-refractivity contribution in [2.45, 2.75) is 70.6 Å². The molecule has 4 fully saturated rings. The average Bonchev–Trinajstić information content (AvgIpc) is 2.54. The molecule has 0 aromatic heterocycles. The Labute approximate surface area is 113 Å². The van der Waals surface area contributed by atoms with Crippen LogP contribution in [0.15, 0.2) is 0 Å². The smallest absolute Gasteiger partial charge is 0.305 e. The molecule has 0 amide bonds. The summed E-state index contributed by atoms with van der Waals surface area (Å²) in [7, 11) is 0. The molecule has 5 heteroatoms. The Morgan fingerprint density at radius 2 is 2.05 bits per heavy atom. The van der Waals surface area contributed by atoms with Gasteiger partial charge in [0.05, 0.1) is 0 Å². The van der Waals surface area contributed by atoms with Crippen molar-refractivity contribution in [1.82, 2.24) is 0 Å². The van der Waals surface area contributed by atoms with Gasteiger partial charge in [0, 0.05) is 19.3 Å². The highest BCUT2D eigenvalue weighted by Gasteiger charge is 2.62. The Bertz CT molecular complexity index is 384. The van der Waals surface area contributed by atoms with E-state index in [4.69, 9.17) is 19.2 Å². The number of ether oxygens (including phenoxy) is 2. The molecule has 0 aromatic carbocycles. The predicted molar refractivity (Wildman–Crippen MR) is 65.7 cm³/mol. The maximum atomic E-state index is 11.4. The highest BCUT2D eigenvalue weighted by molar-refractivity contribution is 5.66. The third-order valence-electron chi connectivity index (χ3n) is 4.85. The van der Waals surface area contributed by atoms with Gasteiger partial charge in [-0.15, -0.1) is 0 Å². The van der Waals surface area contributed by atoms with E-state index >= 15 is 0 Å². The molecule has 4 aliphatic rings. The van der Waals surface area contributed by atoms with Gasteiger partial charge >= 0.3 is 5.97 Å². The second-order valence-corrected chi connectivity index (χ2v) is 6.33. The Kier molecular flexibility index (Phi) is 3.11. The van der Waals surface area contributed by atoms with Crippen LogP contribution in [0.25, 0.3) is 0 Å². The van der Waals surface area contributed by atoms with Crippen molar-refractivity contribution in [1.29, 1.82) is 0 Å². The molecule has 108 valence electrons. The minimum atomic E-state index is -0.803. The molecule has 3 heterocycles. The van der Waals surface area contributed by atoms with E-state index in [1.807, 2.05) is 6.92 Å². The second kappa shape index (κ2) is 4.43. The number of hydrogen-bond donors (Lipinski definition) is 0. The molecule has 1 spiro atoms. The van der Waals surface area contributed by atoms with Crippen LogP contribution in [-0.4, -0.2) is 23.6 Å². The highest BCUT2D eigenvalue weighted by Crippen LogP contribution is 2.53. The van der Waals surface area contributed by atoms with Crippen molar-refractivity contribution < 1.29 is 24.0 Å². The van der Waals surface area contributed by atoms with Gasteiger partial charge in [-0.3, -0.25) is 4.79 Å². The van der Waals surface area contributed by atoms with Crippen molar-refractivity contribution in [3.05, 3.63) is 0 Å². The van der Waals surface area contributed by atoms with E-state index in [9.17, 15) is 4.79 Å². The van der Waals surface area contributed by atoms with Crippen LogP contribution in [0.3, 0.4) is 0 Å². The summed E-state index contributed by atoms with van der Waals surface area (Å²) < 4.78 is 11.3. The summed E-state index contributed by atoms with van der Waals surface area (Å²) in [6, 6.07) is 0. The molecular formula is C14H22O5. The van der Waals surface area contributed by atoms with Crippen molar-refractivity contribution >= 4 is 5.97 Å². The molecule has 3 aliphatic heterocycles. The van der Waals surface area contributed by atoms with E-state index in [2.05, 4.69) is 6.92 Å². The summed E-state index contributed by atoms with van der Waals surface area (Å²) in [5.74, 6) is -0.298. The number of fused-ring (bicyclic) bond motifs is 3. The molecule has 5 atom stereocenters. The number of carbonyl (C=O) groups excluding carboxylic acids is 1. The molecule has 3 saturated heterocycles. The van der Waals surface area contributed by atoms with Gasteiger partial charge in [0.15, 0.2) is 5.60 Å². The standard InChI is InChI=1S/C14H22O5/c1-9-5-4-7-14-11(9)6-8-13(3,18-19-14)17-12(14)16-10(2)15/h9,11-12H,4-8H2,1-3H3/t9-,11+,12-,13-,14+/m1/s1. The van der Waals surface area contributed by atoms with E-state index in [0.717, 1.165) is 25.7 Å². The third-order valence-corrected chi connectivity index (χ3v) is 4.85. The third kappa shape index (κ3) is 2.08.